The van der Waals surface area contributed by atoms with Crippen LogP contribution in [0.5, 0.6) is 0 Å². The van der Waals surface area contributed by atoms with Gasteiger partial charge < -0.3 is 15.2 Å². The van der Waals surface area contributed by atoms with Crippen LogP contribution in [-0.2, 0) is 19.4 Å². The van der Waals surface area contributed by atoms with Crippen LogP contribution in [0.15, 0.2) is 29.5 Å². The van der Waals surface area contributed by atoms with Crippen molar-refractivity contribution in [2.24, 2.45) is 4.99 Å². The third-order valence-corrected chi connectivity index (χ3v) is 3.51. The van der Waals surface area contributed by atoms with E-state index in [1.54, 1.807) is 13.4 Å². The molecule has 0 aliphatic rings. The van der Waals surface area contributed by atoms with Gasteiger partial charge in [0.2, 0.25) is 0 Å². The molecule has 0 unspecified atom stereocenters. The first kappa shape index (κ1) is 21.3. The zero-order valence-corrected chi connectivity index (χ0v) is 16.6. The number of guanidine groups is 1. The zero-order chi connectivity index (χ0) is 17.4. The van der Waals surface area contributed by atoms with Gasteiger partial charge in [-0.15, -0.1) is 34.2 Å². The van der Waals surface area contributed by atoms with Gasteiger partial charge in [0.25, 0.3) is 0 Å². The Kier molecular flexibility index (Phi) is 9.32. The highest BCUT2D eigenvalue weighted by Crippen LogP contribution is 2.08. The first-order chi connectivity index (χ1) is 11.6. The van der Waals surface area contributed by atoms with Crippen LogP contribution in [0, 0.1) is 11.6 Å². The van der Waals surface area contributed by atoms with Crippen LogP contribution in [-0.4, -0.2) is 40.9 Å². The molecule has 0 saturated heterocycles. The lowest BCUT2D eigenvalue weighted by molar-refractivity contribution is 0.579. The minimum atomic E-state index is -0.562. The van der Waals surface area contributed by atoms with Gasteiger partial charge in [-0.3, -0.25) is 4.99 Å². The van der Waals surface area contributed by atoms with Crippen molar-refractivity contribution < 1.29 is 8.78 Å². The highest BCUT2D eigenvalue weighted by molar-refractivity contribution is 14.0. The molecule has 0 saturated carbocycles. The molecule has 0 atom stereocenters. The van der Waals surface area contributed by atoms with Gasteiger partial charge in [0, 0.05) is 39.2 Å². The second kappa shape index (κ2) is 11.0. The van der Waals surface area contributed by atoms with E-state index < -0.39 is 11.6 Å². The molecule has 0 radical (unpaired) electrons. The number of hydrogen-bond acceptors (Lipinski definition) is 3. The summed E-state index contributed by atoms with van der Waals surface area (Å²) in [5, 5.41) is 14.2. The summed E-state index contributed by atoms with van der Waals surface area (Å²) < 4.78 is 28.2. The van der Waals surface area contributed by atoms with Crippen molar-refractivity contribution in [2.45, 2.75) is 26.3 Å². The maximum absolute atomic E-state index is 13.1. The minimum Gasteiger partial charge on any atom is -0.356 e. The first-order valence-corrected chi connectivity index (χ1v) is 7.88. The van der Waals surface area contributed by atoms with Crippen LogP contribution < -0.4 is 10.6 Å². The van der Waals surface area contributed by atoms with E-state index >= 15 is 0 Å². The summed E-state index contributed by atoms with van der Waals surface area (Å²) in [6, 6.07) is 3.53. The summed E-state index contributed by atoms with van der Waals surface area (Å²) in [7, 11) is 1.67. The van der Waals surface area contributed by atoms with Crippen molar-refractivity contribution in [3.63, 3.8) is 0 Å². The Balaban J connectivity index is 0.00000312. The van der Waals surface area contributed by atoms with Crippen molar-refractivity contribution >= 4 is 29.9 Å². The van der Waals surface area contributed by atoms with Gasteiger partial charge >= 0.3 is 0 Å². The number of rotatable bonds is 7. The molecule has 0 amide bonds. The molecule has 138 valence electrons. The van der Waals surface area contributed by atoms with E-state index in [0.29, 0.717) is 31.0 Å². The number of nitrogens with one attached hydrogen (secondary N) is 2. The standard InChI is InChI=1S/C16H22F2N6.HI/c1-3-15-23-22-11-24(15)7-6-21-16(19-2)20-5-4-12-8-13(17)10-14(18)9-12;/h8-11H,3-7H2,1-2H3,(H2,19,20,21);1H. The first-order valence-electron chi connectivity index (χ1n) is 7.88. The molecule has 1 aromatic carbocycles. The number of benzene rings is 1. The van der Waals surface area contributed by atoms with Crippen molar-refractivity contribution in [2.75, 3.05) is 20.1 Å². The van der Waals surface area contributed by atoms with E-state index in [9.17, 15) is 8.78 Å². The maximum Gasteiger partial charge on any atom is 0.191 e. The lowest BCUT2D eigenvalue weighted by Crippen LogP contribution is -2.39. The topological polar surface area (TPSA) is 67.1 Å². The quantitative estimate of drug-likeness (QED) is 0.375. The third-order valence-electron chi connectivity index (χ3n) is 3.51. The molecule has 2 N–H and O–H groups in total. The summed E-state index contributed by atoms with van der Waals surface area (Å²) in [6.45, 7) is 3.95. The maximum atomic E-state index is 13.1. The molecule has 0 bridgehead atoms. The summed E-state index contributed by atoms with van der Waals surface area (Å²) in [4.78, 5) is 4.12. The zero-order valence-electron chi connectivity index (χ0n) is 14.3. The summed E-state index contributed by atoms with van der Waals surface area (Å²) in [5.74, 6) is 0.451. The molecule has 25 heavy (non-hydrogen) atoms. The molecule has 0 fully saturated rings. The highest BCUT2D eigenvalue weighted by Gasteiger charge is 2.03. The predicted octanol–water partition coefficient (Wildman–Crippen LogP) is 2.14. The van der Waals surface area contributed by atoms with Crippen molar-refractivity contribution in [3.05, 3.63) is 47.5 Å². The van der Waals surface area contributed by atoms with E-state index in [1.807, 2.05) is 11.5 Å². The van der Waals surface area contributed by atoms with Gasteiger partial charge in [0.05, 0.1) is 0 Å². The number of aromatic nitrogens is 3. The molecule has 9 heteroatoms. The van der Waals surface area contributed by atoms with E-state index in [0.717, 1.165) is 24.9 Å². The fraction of sp³-hybridized carbons (Fsp3) is 0.438. The molecule has 1 aromatic heterocycles. The van der Waals surface area contributed by atoms with Crippen LogP contribution in [0.25, 0.3) is 0 Å². The van der Waals surface area contributed by atoms with E-state index in [4.69, 9.17) is 0 Å². The number of hydrogen-bond donors (Lipinski definition) is 2. The van der Waals surface area contributed by atoms with Gasteiger partial charge in [0.15, 0.2) is 5.96 Å². The number of aliphatic imine (C=N–C) groups is 1. The van der Waals surface area contributed by atoms with E-state index in [-0.39, 0.29) is 24.0 Å². The highest BCUT2D eigenvalue weighted by atomic mass is 127. The van der Waals surface area contributed by atoms with Crippen molar-refractivity contribution in [3.8, 4) is 0 Å². The smallest absolute Gasteiger partial charge is 0.191 e. The lowest BCUT2D eigenvalue weighted by Gasteiger charge is -2.12. The van der Waals surface area contributed by atoms with Crippen LogP contribution in [0.3, 0.4) is 0 Å². The predicted molar refractivity (Wildman–Crippen MR) is 104 cm³/mol. The fourth-order valence-electron chi connectivity index (χ4n) is 2.34. The van der Waals surface area contributed by atoms with Gasteiger partial charge in [0.1, 0.15) is 23.8 Å². The Hall–Kier alpha value is -1.78. The summed E-state index contributed by atoms with van der Waals surface area (Å²) in [6.07, 6.45) is 3.03. The summed E-state index contributed by atoms with van der Waals surface area (Å²) in [5.41, 5.74) is 0.604. The fourth-order valence-corrected chi connectivity index (χ4v) is 2.34. The van der Waals surface area contributed by atoms with Gasteiger partial charge in [-0.05, 0) is 24.1 Å². The summed E-state index contributed by atoms with van der Waals surface area (Å²) >= 11 is 0. The van der Waals surface area contributed by atoms with Crippen LogP contribution in [0.2, 0.25) is 0 Å². The molecular formula is C16H23F2IN6. The normalized spacial score (nSPS) is 11.1. The van der Waals surface area contributed by atoms with Crippen LogP contribution >= 0.6 is 24.0 Å². The van der Waals surface area contributed by atoms with E-state index in [1.165, 1.54) is 12.1 Å². The molecule has 2 rings (SSSR count). The Labute approximate surface area is 163 Å². The van der Waals surface area contributed by atoms with Crippen LogP contribution in [0.4, 0.5) is 8.78 Å². The second-order valence-electron chi connectivity index (χ2n) is 5.25. The Morgan fingerprint density at radius 2 is 1.84 bits per heavy atom. The Morgan fingerprint density at radius 3 is 2.48 bits per heavy atom. The van der Waals surface area contributed by atoms with Gasteiger partial charge in [-0.1, -0.05) is 6.92 Å². The molecule has 2 aromatic rings. The van der Waals surface area contributed by atoms with Crippen LogP contribution in [0.1, 0.15) is 18.3 Å². The van der Waals surface area contributed by atoms with E-state index in [2.05, 4.69) is 25.8 Å². The Morgan fingerprint density at radius 1 is 1.16 bits per heavy atom. The van der Waals surface area contributed by atoms with Crippen molar-refractivity contribution in [1.82, 2.24) is 25.4 Å². The average molecular weight is 464 g/mol. The molecule has 0 spiro atoms. The number of halogens is 3. The molecule has 0 aliphatic carbocycles. The molecule has 1 heterocycles. The Bertz CT molecular complexity index is 669. The largest absolute Gasteiger partial charge is 0.356 e. The molecular weight excluding hydrogens is 441 g/mol. The van der Waals surface area contributed by atoms with Crippen molar-refractivity contribution in [1.29, 1.82) is 0 Å². The number of aryl methyl sites for hydroxylation is 1. The molecule has 0 aliphatic heterocycles. The monoisotopic (exact) mass is 464 g/mol. The number of nitrogens with zero attached hydrogens (tertiary/aromatic N) is 4. The molecule has 6 nitrogen and oxygen atoms in total. The lowest BCUT2D eigenvalue weighted by atomic mass is 10.1. The third kappa shape index (κ3) is 6.92. The average Bonchev–Trinajstić information content (AvgIpc) is 3.00. The van der Waals surface area contributed by atoms with Gasteiger partial charge in [-0.25, -0.2) is 8.78 Å². The second-order valence-corrected chi connectivity index (χ2v) is 5.25. The van der Waals surface area contributed by atoms with Gasteiger partial charge in [-0.2, -0.15) is 0 Å². The minimum absolute atomic E-state index is 0. The SMILES string of the molecule is CCc1nncn1CCNC(=NC)NCCc1cc(F)cc(F)c1.I.